The molecule has 19 heavy (non-hydrogen) atoms. The largest absolute Gasteiger partial charge is 0.508 e. The molecule has 0 heterocycles. The lowest BCUT2D eigenvalue weighted by atomic mass is 9.75. The lowest BCUT2D eigenvalue weighted by molar-refractivity contribution is 0.359. The summed E-state index contributed by atoms with van der Waals surface area (Å²) in [6, 6.07) is 3.41. The lowest BCUT2D eigenvalue weighted by Crippen LogP contribution is -2.21. The van der Waals surface area contributed by atoms with Crippen LogP contribution in [0.3, 0.4) is 0 Å². The molecular formula is C17H28O2. The molecule has 0 amide bonds. The normalized spacial score (nSPS) is 14.6. The molecule has 2 heteroatoms. The van der Waals surface area contributed by atoms with Gasteiger partial charge in [0.15, 0.2) is 0 Å². The van der Waals surface area contributed by atoms with Crippen LogP contribution in [0.5, 0.6) is 11.5 Å². The fourth-order valence-electron chi connectivity index (χ4n) is 2.57. The number of aromatic hydroxyl groups is 2. The monoisotopic (exact) mass is 264 g/mol. The van der Waals surface area contributed by atoms with Gasteiger partial charge in [0.1, 0.15) is 11.5 Å². The van der Waals surface area contributed by atoms with Crippen LogP contribution in [0.1, 0.15) is 64.5 Å². The molecule has 0 aliphatic carbocycles. The Morgan fingerprint density at radius 3 is 2.32 bits per heavy atom. The Morgan fingerprint density at radius 1 is 1.16 bits per heavy atom. The van der Waals surface area contributed by atoms with Crippen LogP contribution in [0.4, 0.5) is 0 Å². The molecule has 1 unspecified atom stereocenters. The van der Waals surface area contributed by atoms with Crippen molar-refractivity contribution in [3.8, 4) is 11.5 Å². The van der Waals surface area contributed by atoms with E-state index in [1.165, 1.54) is 6.42 Å². The van der Waals surface area contributed by atoms with E-state index in [1.807, 2.05) is 0 Å². The standard InChI is InChI=1S/C17H28O2/c1-6-17(5,9-7-8-12(2)3)14-11-15(18)13(4)10-16(14)19/h10-12,18-19H,6-9H2,1-5H3. The maximum absolute atomic E-state index is 10.2. The molecule has 1 aromatic carbocycles. The van der Waals surface area contributed by atoms with Crippen LogP contribution in [0.25, 0.3) is 0 Å². The first-order valence-corrected chi connectivity index (χ1v) is 7.33. The van der Waals surface area contributed by atoms with E-state index >= 15 is 0 Å². The minimum absolute atomic E-state index is 0.0653. The fraction of sp³-hybridized carbons (Fsp3) is 0.647. The average Bonchev–Trinajstić information content (AvgIpc) is 2.33. The van der Waals surface area contributed by atoms with Crippen LogP contribution >= 0.6 is 0 Å². The highest BCUT2D eigenvalue weighted by atomic mass is 16.3. The van der Waals surface area contributed by atoms with E-state index < -0.39 is 0 Å². The molecule has 0 aliphatic heterocycles. The van der Waals surface area contributed by atoms with Crippen LogP contribution in [0.15, 0.2) is 12.1 Å². The summed E-state index contributed by atoms with van der Waals surface area (Å²) in [6.45, 7) is 10.6. The minimum Gasteiger partial charge on any atom is -0.508 e. The summed E-state index contributed by atoms with van der Waals surface area (Å²) in [7, 11) is 0. The third kappa shape index (κ3) is 3.89. The van der Waals surface area contributed by atoms with Crippen molar-refractivity contribution in [3.63, 3.8) is 0 Å². The topological polar surface area (TPSA) is 40.5 Å². The third-order valence-corrected chi connectivity index (χ3v) is 4.25. The predicted octanol–water partition coefficient (Wildman–Crippen LogP) is 4.90. The van der Waals surface area contributed by atoms with Crippen molar-refractivity contribution in [2.45, 2.75) is 65.7 Å². The second kappa shape index (κ2) is 6.31. The Hall–Kier alpha value is -1.18. The van der Waals surface area contributed by atoms with Gasteiger partial charge in [0.2, 0.25) is 0 Å². The van der Waals surface area contributed by atoms with E-state index in [0.717, 1.165) is 30.4 Å². The van der Waals surface area contributed by atoms with Crippen molar-refractivity contribution in [2.75, 3.05) is 0 Å². The number of phenols is 2. The molecule has 0 radical (unpaired) electrons. The van der Waals surface area contributed by atoms with Gasteiger partial charge in [0.25, 0.3) is 0 Å². The van der Waals surface area contributed by atoms with Gasteiger partial charge in [-0.25, -0.2) is 0 Å². The van der Waals surface area contributed by atoms with Crippen molar-refractivity contribution in [3.05, 3.63) is 23.3 Å². The second-order valence-corrected chi connectivity index (χ2v) is 6.36. The number of phenolic OH excluding ortho intramolecular Hbond substituents is 2. The number of rotatable bonds is 6. The molecule has 1 atom stereocenters. The summed E-state index contributed by atoms with van der Waals surface area (Å²) >= 11 is 0. The van der Waals surface area contributed by atoms with Crippen molar-refractivity contribution in [2.24, 2.45) is 5.92 Å². The SMILES string of the molecule is CCC(C)(CCCC(C)C)c1cc(O)c(C)cc1O. The molecule has 0 spiro atoms. The molecule has 0 saturated heterocycles. The first kappa shape index (κ1) is 15.9. The van der Waals surface area contributed by atoms with Crippen molar-refractivity contribution in [1.82, 2.24) is 0 Å². The Morgan fingerprint density at radius 2 is 1.79 bits per heavy atom. The van der Waals surface area contributed by atoms with Gasteiger partial charge in [-0.15, -0.1) is 0 Å². The molecule has 0 fully saturated rings. The maximum Gasteiger partial charge on any atom is 0.119 e. The zero-order chi connectivity index (χ0) is 14.6. The first-order valence-electron chi connectivity index (χ1n) is 7.33. The Balaban J connectivity index is 2.97. The Bertz CT molecular complexity index is 424. The number of hydrogen-bond acceptors (Lipinski definition) is 2. The first-order chi connectivity index (χ1) is 8.80. The molecule has 0 saturated carbocycles. The molecule has 1 aromatic rings. The van der Waals surface area contributed by atoms with Gasteiger partial charge in [-0.2, -0.15) is 0 Å². The Labute approximate surface area is 117 Å². The van der Waals surface area contributed by atoms with E-state index in [9.17, 15) is 10.2 Å². The van der Waals surface area contributed by atoms with Crippen LogP contribution in [0.2, 0.25) is 0 Å². The van der Waals surface area contributed by atoms with Crippen LogP contribution < -0.4 is 0 Å². The highest BCUT2D eigenvalue weighted by Crippen LogP contribution is 2.41. The van der Waals surface area contributed by atoms with Crippen molar-refractivity contribution < 1.29 is 10.2 Å². The van der Waals surface area contributed by atoms with Crippen molar-refractivity contribution in [1.29, 1.82) is 0 Å². The van der Waals surface area contributed by atoms with Gasteiger partial charge in [-0.1, -0.05) is 40.5 Å². The third-order valence-electron chi connectivity index (χ3n) is 4.25. The summed E-state index contributed by atoms with van der Waals surface area (Å²) < 4.78 is 0. The summed E-state index contributed by atoms with van der Waals surface area (Å²) in [6.07, 6.45) is 4.35. The van der Waals surface area contributed by atoms with Gasteiger partial charge in [-0.3, -0.25) is 0 Å². The quantitative estimate of drug-likeness (QED) is 0.717. The van der Waals surface area contributed by atoms with E-state index in [2.05, 4.69) is 27.7 Å². The zero-order valence-corrected chi connectivity index (χ0v) is 13.0. The highest BCUT2D eigenvalue weighted by Gasteiger charge is 2.28. The highest BCUT2D eigenvalue weighted by molar-refractivity contribution is 5.47. The number of benzene rings is 1. The van der Waals surface area contributed by atoms with Gasteiger partial charge in [0, 0.05) is 5.56 Å². The number of hydrogen-bond donors (Lipinski definition) is 2. The summed E-state index contributed by atoms with van der Waals surface area (Å²) in [4.78, 5) is 0. The van der Waals surface area contributed by atoms with E-state index in [0.29, 0.717) is 11.7 Å². The van der Waals surface area contributed by atoms with Gasteiger partial charge >= 0.3 is 0 Å². The molecule has 0 bridgehead atoms. The molecule has 1 rings (SSSR count). The van der Waals surface area contributed by atoms with Crippen LogP contribution in [-0.2, 0) is 5.41 Å². The summed E-state index contributed by atoms with van der Waals surface area (Å²) in [5, 5.41) is 20.1. The molecule has 2 N–H and O–H groups in total. The van der Waals surface area contributed by atoms with Crippen LogP contribution in [0, 0.1) is 12.8 Å². The number of aryl methyl sites for hydroxylation is 1. The predicted molar refractivity (Wildman–Crippen MR) is 80.8 cm³/mol. The molecule has 2 nitrogen and oxygen atoms in total. The van der Waals surface area contributed by atoms with Crippen LogP contribution in [-0.4, -0.2) is 10.2 Å². The van der Waals surface area contributed by atoms with Gasteiger partial charge in [-0.05, 0) is 48.8 Å². The summed E-state index contributed by atoms with van der Waals surface area (Å²) in [5.74, 6) is 1.29. The van der Waals surface area contributed by atoms with Crippen molar-refractivity contribution >= 4 is 0 Å². The van der Waals surface area contributed by atoms with Gasteiger partial charge < -0.3 is 10.2 Å². The molecule has 0 aromatic heterocycles. The van der Waals surface area contributed by atoms with E-state index in [-0.39, 0.29) is 11.2 Å². The second-order valence-electron chi connectivity index (χ2n) is 6.36. The average molecular weight is 264 g/mol. The fourth-order valence-corrected chi connectivity index (χ4v) is 2.57. The molecule has 0 aliphatic rings. The summed E-state index contributed by atoms with van der Waals surface area (Å²) in [5.41, 5.74) is 1.54. The lowest BCUT2D eigenvalue weighted by Gasteiger charge is -2.30. The molecular weight excluding hydrogens is 236 g/mol. The van der Waals surface area contributed by atoms with Gasteiger partial charge in [0.05, 0.1) is 0 Å². The Kier molecular flexibility index (Phi) is 5.28. The molecule has 108 valence electrons. The zero-order valence-electron chi connectivity index (χ0n) is 13.0. The minimum atomic E-state index is -0.0653. The smallest absolute Gasteiger partial charge is 0.119 e. The van der Waals surface area contributed by atoms with E-state index in [4.69, 9.17) is 0 Å². The maximum atomic E-state index is 10.2. The van der Waals surface area contributed by atoms with E-state index in [1.54, 1.807) is 19.1 Å².